The van der Waals surface area contributed by atoms with E-state index in [-0.39, 0.29) is 11.9 Å². The van der Waals surface area contributed by atoms with E-state index in [1.807, 2.05) is 6.92 Å². The molecule has 1 fully saturated rings. The predicted octanol–water partition coefficient (Wildman–Crippen LogP) is 2.50. The second-order valence-electron chi connectivity index (χ2n) is 6.76. The minimum Gasteiger partial charge on any atom is -0.383 e. The van der Waals surface area contributed by atoms with E-state index in [0.29, 0.717) is 19.1 Å². The van der Waals surface area contributed by atoms with Gasteiger partial charge in [-0.25, -0.2) is 0 Å². The normalized spacial score (nSPS) is 17.9. The first kappa shape index (κ1) is 17.0. The Morgan fingerprint density at radius 2 is 2.12 bits per heavy atom. The van der Waals surface area contributed by atoms with E-state index in [1.54, 1.807) is 7.11 Å². The SMILES string of the molecule is COCC(C)NC(=O)CN1CCC(c2c[nH]c3ccccc23)CC1. The molecule has 130 valence electrons. The molecule has 1 aliphatic heterocycles. The van der Waals surface area contributed by atoms with E-state index >= 15 is 0 Å². The third kappa shape index (κ3) is 3.97. The Bertz CT molecular complexity index is 674. The lowest BCUT2D eigenvalue weighted by Gasteiger charge is -2.31. The van der Waals surface area contributed by atoms with E-state index < -0.39 is 0 Å². The molecule has 3 rings (SSSR count). The maximum atomic E-state index is 12.1. The second kappa shape index (κ2) is 7.81. The number of rotatable bonds is 6. The number of piperidine rings is 1. The number of H-pyrrole nitrogens is 1. The van der Waals surface area contributed by atoms with Gasteiger partial charge in [0.2, 0.25) is 5.91 Å². The summed E-state index contributed by atoms with van der Waals surface area (Å²) in [7, 11) is 1.65. The van der Waals surface area contributed by atoms with Crippen LogP contribution in [0, 0.1) is 0 Å². The van der Waals surface area contributed by atoms with Gasteiger partial charge in [-0.3, -0.25) is 9.69 Å². The Morgan fingerprint density at radius 1 is 1.38 bits per heavy atom. The molecule has 0 saturated carbocycles. The van der Waals surface area contributed by atoms with Gasteiger partial charge in [-0.2, -0.15) is 0 Å². The van der Waals surface area contributed by atoms with E-state index in [4.69, 9.17) is 4.74 Å². The molecule has 0 radical (unpaired) electrons. The van der Waals surface area contributed by atoms with Crippen LogP contribution in [-0.4, -0.2) is 55.2 Å². The molecule has 1 atom stereocenters. The molecule has 2 heterocycles. The summed E-state index contributed by atoms with van der Waals surface area (Å²) >= 11 is 0. The summed E-state index contributed by atoms with van der Waals surface area (Å²) in [6.07, 6.45) is 4.36. The minimum atomic E-state index is 0.0614. The maximum absolute atomic E-state index is 12.1. The zero-order chi connectivity index (χ0) is 16.9. The van der Waals surface area contributed by atoms with Gasteiger partial charge < -0.3 is 15.0 Å². The fourth-order valence-corrected chi connectivity index (χ4v) is 3.65. The van der Waals surface area contributed by atoms with Crippen LogP contribution in [-0.2, 0) is 9.53 Å². The van der Waals surface area contributed by atoms with Crippen LogP contribution in [0.25, 0.3) is 10.9 Å². The average molecular weight is 329 g/mol. The van der Waals surface area contributed by atoms with Crippen molar-refractivity contribution in [2.24, 2.45) is 0 Å². The van der Waals surface area contributed by atoms with Gasteiger partial charge >= 0.3 is 0 Å². The summed E-state index contributed by atoms with van der Waals surface area (Å²) in [6, 6.07) is 8.54. The molecule has 5 heteroatoms. The first-order chi connectivity index (χ1) is 11.7. The summed E-state index contributed by atoms with van der Waals surface area (Å²) in [5.74, 6) is 0.665. The Balaban J connectivity index is 1.52. The third-order valence-corrected chi connectivity index (χ3v) is 4.84. The van der Waals surface area contributed by atoms with Crippen LogP contribution < -0.4 is 5.32 Å². The second-order valence-corrected chi connectivity index (χ2v) is 6.76. The number of carbonyl (C=O) groups is 1. The van der Waals surface area contributed by atoms with Crippen LogP contribution in [0.5, 0.6) is 0 Å². The Kier molecular flexibility index (Phi) is 5.53. The number of benzene rings is 1. The molecular weight excluding hydrogens is 302 g/mol. The van der Waals surface area contributed by atoms with Crippen LogP contribution in [0.1, 0.15) is 31.2 Å². The van der Waals surface area contributed by atoms with Crippen LogP contribution in [0.2, 0.25) is 0 Å². The fourth-order valence-electron chi connectivity index (χ4n) is 3.65. The largest absolute Gasteiger partial charge is 0.383 e. The number of hydrogen-bond acceptors (Lipinski definition) is 3. The number of nitrogens with one attached hydrogen (secondary N) is 2. The summed E-state index contributed by atoms with van der Waals surface area (Å²) in [5.41, 5.74) is 2.63. The van der Waals surface area contributed by atoms with Crippen LogP contribution in [0.3, 0.4) is 0 Å². The van der Waals surface area contributed by atoms with Crippen LogP contribution in [0.15, 0.2) is 30.5 Å². The monoisotopic (exact) mass is 329 g/mol. The fraction of sp³-hybridized carbons (Fsp3) is 0.526. The van der Waals surface area contributed by atoms with Crippen molar-refractivity contribution in [1.29, 1.82) is 0 Å². The first-order valence-corrected chi connectivity index (χ1v) is 8.74. The van der Waals surface area contributed by atoms with Crippen molar-refractivity contribution in [3.8, 4) is 0 Å². The number of aromatic amines is 1. The summed E-state index contributed by atoms with van der Waals surface area (Å²) in [4.78, 5) is 17.7. The molecule has 24 heavy (non-hydrogen) atoms. The van der Waals surface area contributed by atoms with Crippen molar-refractivity contribution in [2.45, 2.75) is 31.7 Å². The highest BCUT2D eigenvalue weighted by molar-refractivity contribution is 5.83. The van der Waals surface area contributed by atoms with Crippen molar-refractivity contribution >= 4 is 16.8 Å². The number of ether oxygens (including phenoxy) is 1. The molecule has 0 aliphatic carbocycles. The quantitative estimate of drug-likeness (QED) is 0.856. The molecule has 2 aromatic rings. The van der Waals surface area contributed by atoms with Gasteiger partial charge in [-0.15, -0.1) is 0 Å². The highest BCUT2D eigenvalue weighted by atomic mass is 16.5. The number of hydrogen-bond donors (Lipinski definition) is 2. The van der Waals surface area contributed by atoms with Crippen LogP contribution in [0.4, 0.5) is 0 Å². The smallest absolute Gasteiger partial charge is 0.234 e. The number of para-hydroxylation sites is 1. The number of nitrogens with zero attached hydrogens (tertiary/aromatic N) is 1. The number of carbonyl (C=O) groups excluding carboxylic acids is 1. The number of likely N-dealkylation sites (tertiary alicyclic amines) is 1. The van der Waals surface area contributed by atoms with E-state index in [2.05, 4.69) is 45.7 Å². The Morgan fingerprint density at radius 3 is 2.88 bits per heavy atom. The van der Waals surface area contributed by atoms with Gasteiger partial charge in [0.05, 0.1) is 13.2 Å². The molecule has 1 aliphatic rings. The number of aromatic nitrogens is 1. The lowest BCUT2D eigenvalue weighted by atomic mass is 9.89. The van der Waals surface area contributed by atoms with Gasteiger partial charge in [0, 0.05) is 30.3 Å². The van der Waals surface area contributed by atoms with E-state index in [0.717, 1.165) is 25.9 Å². The molecule has 1 aromatic heterocycles. The highest BCUT2D eigenvalue weighted by Gasteiger charge is 2.24. The third-order valence-electron chi connectivity index (χ3n) is 4.84. The number of fused-ring (bicyclic) bond motifs is 1. The van der Waals surface area contributed by atoms with Crippen molar-refractivity contribution in [1.82, 2.24) is 15.2 Å². The molecule has 1 saturated heterocycles. The average Bonchev–Trinajstić information content (AvgIpc) is 2.99. The van der Waals surface area contributed by atoms with Gasteiger partial charge in [-0.05, 0) is 50.4 Å². The lowest BCUT2D eigenvalue weighted by Crippen LogP contribution is -2.44. The number of methoxy groups -OCH3 is 1. The van der Waals surface area contributed by atoms with E-state index in [9.17, 15) is 4.79 Å². The molecule has 1 unspecified atom stereocenters. The highest BCUT2D eigenvalue weighted by Crippen LogP contribution is 2.32. The summed E-state index contributed by atoms with van der Waals surface area (Å²) < 4.78 is 5.05. The minimum absolute atomic E-state index is 0.0614. The Labute approximate surface area is 143 Å². The molecule has 1 amide bonds. The summed E-state index contributed by atoms with van der Waals surface area (Å²) in [5, 5.41) is 4.32. The zero-order valence-electron chi connectivity index (χ0n) is 14.5. The first-order valence-electron chi connectivity index (χ1n) is 8.74. The molecular formula is C19H27N3O2. The molecule has 1 aromatic carbocycles. The van der Waals surface area contributed by atoms with Crippen LogP contribution >= 0.6 is 0 Å². The Hall–Kier alpha value is -1.85. The molecule has 0 spiro atoms. The summed E-state index contributed by atoms with van der Waals surface area (Å²) in [6.45, 7) is 4.93. The number of amides is 1. The lowest BCUT2D eigenvalue weighted by molar-refractivity contribution is -0.123. The van der Waals surface area contributed by atoms with Crippen molar-refractivity contribution in [3.63, 3.8) is 0 Å². The molecule has 2 N–H and O–H groups in total. The van der Waals surface area contributed by atoms with Gasteiger partial charge in [0.15, 0.2) is 0 Å². The standard InChI is InChI=1S/C19H27N3O2/c1-14(13-24-2)21-19(23)12-22-9-7-15(8-10-22)17-11-20-18-6-4-3-5-16(17)18/h3-6,11,14-15,20H,7-10,12-13H2,1-2H3,(H,21,23). The predicted molar refractivity (Wildman–Crippen MR) is 96.2 cm³/mol. The topological polar surface area (TPSA) is 57.4 Å². The molecule has 0 bridgehead atoms. The van der Waals surface area contributed by atoms with Crippen molar-refractivity contribution in [2.75, 3.05) is 33.4 Å². The maximum Gasteiger partial charge on any atom is 0.234 e. The zero-order valence-corrected chi connectivity index (χ0v) is 14.5. The van der Waals surface area contributed by atoms with Gasteiger partial charge in [0.1, 0.15) is 0 Å². The van der Waals surface area contributed by atoms with Gasteiger partial charge in [-0.1, -0.05) is 18.2 Å². The van der Waals surface area contributed by atoms with E-state index in [1.165, 1.54) is 16.5 Å². The van der Waals surface area contributed by atoms with Gasteiger partial charge in [0.25, 0.3) is 0 Å². The molecule has 5 nitrogen and oxygen atoms in total. The van der Waals surface area contributed by atoms with Crippen molar-refractivity contribution in [3.05, 3.63) is 36.0 Å². The van der Waals surface area contributed by atoms with Crippen molar-refractivity contribution < 1.29 is 9.53 Å².